The zero-order valence-electron chi connectivity index (χ0n) is 13.8. The first-order valence-electron chi connectivity index (χ1n) is 8.22. The Hall–Kier alpha value is -1.01. The van der Waals surface area contributed by atoms with E-state index in [0.29, 0.717) is 5.41 Å². The molecule has 1 saturated carbocycles. The lowest BCUT2D eigenvalue weighted by Crippen LogP contribution is -2.43. The van der Waals surface area contributed by atoms with Crippen LogP contribution in [0.5, 0.6) is 0 Å². The van der Waals surface area contributed by atoms with E-state index in [4.69, 9.17) is 11.2 Å². The van der Waals surface area contributed by atoms with Crippen LogP contribution in [0.15, 0.2) is 0 Å². The van der Waals surface area contributed by atoms with Crippen LogP contribution in [0.3, 0.4) is 0 Å². The molecule has 2 aliphatic rings. The second-order valence-corrected chi connectivity index (χ2v) is 7.79. The van der Waals surface area contributed by atoms with Crippen molar-refractivity contribution in [2.75, 3.05) is 19.6 Å². The zero-order chi connectivity index (χ0) is 15.5. The molecule has 1 aliphatic heterocycles. The molecule has 2 rings (SSSR count). The predicted molar refractivity (Wildman–Crippen MR) is 84.7 cm³/mol. The van der Waals surface area contributed by atoms with Crippen LogP contribution in [-0.4, -0.2) is 36.1 Å². The number of carbonyl (C=O) groups excluding carboxylic acids is 1. The molecule has 1 aliphatic carbocycles. The highest BCUT2D eigenvalue weighted by Gasteiger charge is 2.40. The molecule has 0 amide bonds. The number of terminal acetylenes is 1. The molecule has 1 heterocycles. The van der Waals surface area contributed by atoms with Crippen LogP contribution in [0.1, 0.15) is 59.3 Å². The molecular formula is C18H29NO2. The summed E-state index contributed by atoms with van der Waals surface area (Å²) in [5, 5.41) is 0. The molecule has 3 nitrogen and oxygen atoms in total. The van der Waals surface area contributed by atoms with Gasteiger partial charge in [0.1, 0.15) is 5.60 Å². The molecule has 118 valence electrons. The summed E-state index contributed by atoms with van der Waals surface area (Å²) in [5.74, 6) is 2.85. The number of hydrogen-bond donors (Lipinski definition) is 0. The first kappa shape index (κ1) is 16.4. The second kappa shape index (κ2) is 6.40. The van der Waals surface area contributed by atoms with E-state index >= 15 is 0 Å². The van der Waals surface area contributed by atoms with Crippen molar-refractivity contribution in [2.24, 2.45) is 11.3 Å². The van der Waals surface area contributed by atoms with E-state index in [1.165, 1.54) is 25.7 Å². The highest BCUT2D eigenvalue weighted by atomic mass is 16.6. The van der Waals surface area contributed by atoms with Gasteiger partial charge in [0, 0.05) is 0 Å². The lowest BCUT2D eigenvalue weighted by molar-refractivity contribution is -0.162. The Bertz CT molecular complexity index is 398. The minimum atomic E-state index is -0.368. The molecule has 0 N–H and O–H groups in total. The summed E-state index contributed by atoms with van der Waals surface area (Å²) in [6.07, 6.45) is 12.2. The van der Waals surface area contributed by atoms with Gasteiger partial charge in [-0.15, -0.1) is 6.42 Å². The largest absolute Gasteiger partial charge is 0.460 e. The van der Waals surface area contributed by atoms with E-state index in [9.17, 15) is 4.79 Å². The maximum Gasteiger partial charge on any atom is 0.309 e. The number of likely N-dealkylation sites (tertiary alicyclic amines) is 1. The molecule has 1 spiro atoms. The lowest BCUT2D eigenvalue weighted by Gasteiger charge is -2.45. The number of nitrogens with zero attached hydrogens (tertiary/aromatic N) is 1. The van der Waals surface area contributed by atoms with Crippen molar-refractivity contribution in [3.05, 3.63) is 0 Å². The summed E-state index contributed by atoms with van der Waals surface area (Å²) in [6.45, 7) is 8.82. The van der Waals surface area contributed by atoms with Crippen molar-refractivity contribution < 1.29 is 9.53 Å². The molecule has 0 bridgehead atoms. The number of ether oxygens (including phenoxy) is 1. The van der Waals surface area contributed by atoms with Gasteiger partial charge in [0.25, 0.3) is 0 Å². The number of carbonyl (C=O) groups is 1. The number of rotatable bonds is 2. The van der Waals surface area contributed by atoms with Gasteiger partial charge >= 0.3 is 5.97 Å². The second-order valence-electron chi connectivity index (χ2n) is 7.79. The van der Waals surface area contributed by atoms with Gasteiger partial charge in [-0.05, 0) is 77.8 Å². The van der Waals surface area contributed by atoms with Gasteiger partial charge in [-0.3, -0.25) is 9.69 Å². The van der Waals surface area contributed by atoms with Crippen molar-refractivity contribution in [3.63, 3.8) is 0 Å². The summed E-state index contributed by atoms with van der Waals surface area (Å²) in [7, 11) is 0. The topological polar surface area (TPSA) is 29.5 Å². The van der Waals surface area contributed by atoms with E-state index in [1.807, 2.05) is 20.8 Å². The minimum Gasteiger partial charge on any atom is -0.460 e. The smallest absolute Gasteiger partial charge is 0.309 e. The normalized spacial score (nSPS) is 23.7. The zero-order valence-corrected chi connectivity index (χ0v) is 13.8. The third kappa shape index (κ3) is 4.48. The van der Waals surface area contributed by atoms with Crippen LogP contribution in [0.2, 0.25) is 0 Å². The Morgan fingerprint density at radius 1 is 1.24 bits per heavy atom. The maximum atomic E-state index is 12.2. The summed E-state index contributed by atoms with van der Waals surface area (Å²) in [5.41, 5.74) is 0.0936. The Kier molecular flexibility index (Phi) is 4.99. The third-order valence-electron chi connectivity index (χ3n) is 5.02. The highest BCUT2D eigenvalue weighted by molar-refractivity contribution is 5.73. The molecule has 21 heavy (non-hydrogen) atoms. The van der Waals surface area contributed by atoms with Gasteiger partial charge < -0.3 is 4.74 Å². The van der Waals surface area contributed by atoms with E-state index in [2.05, 4.69) is 10.8 Å². The summed E-state index contributed by atoms with van der Waals surface area (Å²) < 4.78 is 5.53. The fourth-order valence-corrected chi connectivity index (χ4v) is 3.67. The summed E-state index contributed by atoms with van der Waals surface area (Å²) in [6, 6.07) is 0. The molecule has 0 atom stereocenters. The average molecular weight is 291 g/mol. The van der Waals surface area contributed by atoms with E-state index < -0.39 is 0 Å². The van der Waals surface area contributed by atoms with Crippen LogP contribution in [-0.2, 0) is 9.53 Å². The quantitative estimate of drug-likeness (QED) is 0.578. The molecule has 0 unspecified atom stereocenters. The fourth-order valence-electron chi connectivity index (χ4n) is 3.67. The molecule has 0 aromatic carbocycles. The van der Waals surface area contributed by atoms with E-state index in [1.54, 1.807) is 0 Å². The molecular weight excluding hydrogens is 262 g/mol. The van der Waals surface area contributed by atoms with E-state index in [0.717, 1.165) is 32.5 Å². The maximum absolute atomic E-state index is 12.2. The van der Waals surface area contributed by atoms with Crippen molar-refractivity contribution in [3.8, 4) is 12.3 Å². The monoisotopic (exact) mass is 291 g/mol. The molecule has 0 radical (unpaired) electrons. The van der Waals surface area contributed by atoms with Gasteiger partial charge in [0.15, 0.2) is 0 Å². The Balaban J connectivity index is 1.81. The van der Waals surface area contributed by atoms with Crippen LogP contribution in [0, 0.1) is 23.7 Å². The standard InChI is InChI=1S/C18H29NO2/c1-5-12-19-13-10-18(11-14-19)8-6-15(7-9-18)16(20)21-17(2,3)4/h1,15H,6-14H2,2-4H3. The molecule has 1 saturated heterocycles. The van der Waals surface area contributed by atoms with Crippen molar-refractivity contribution in [2.45, 2.75) is 64.9 Å². The van der Waals surface area contributed by atoms with Gasteiger partial charge in [-0.2, -0.15) is 0 Å². The average Bonchev–Trinajstić information content (AvgIpc) is 2.41. The molecule has 2 fully saturated rings. The Morgan fingerprint density at radius 2 is 1.81 bits per heavy atom. The first-order chi connectivity index (χ1) is 9.84. The van der Waals surface area contributed by atoms with Gasteiger partial charge in [0.05, 0.1) is 12.5 Å². The van der Waals surface area contributed by atoms with Crippen LogP contribution in [0.4, 0.5) is 0 Å². The molecule has 0 aromatic heterocycles. The van der Waals surface area contributed by atoms with Crippen molar-refractivity contribution in [1.82, 2.24) is 4.90 Å². The summed E-state index contributed by atoms with van der Waals surface area (Å²) in [4.78, 5) is 14.5. The SMILES string of the molecule is C#CCN1CCC2(CCC(C(=O)OC(C)(C)C)CC2)CC1. The molecule has 0 aromatic rings. The van der Waals surface area contributed by atoms with Gasteiger partial charge in [-0.1, -0.05) is 5.92 Å². The lowest BCUT2D eigenvalue weighted by atomic mass is 9.65. The van der Waals surface area contributed by atoms with Gasteiger partial charge in [0.2, 0.25) is 0 Å². The predicted octanol–water partition coefficient (Wildman–Crippen LogP) is 3.23. The fraction of sp³-hybridized carbons (Fsp3) is 0.833. The minimum absolute atomic E-state index is 0.00196. The summed E-state index contributed by atoms with van der Waals surface area (Å²) >= 11 is 0. The Labute approximate surface area is 129 Å². The third-order valence-corrected chi connectivity index (χ3v) is 5.02. The first-order valence-corrected chi connectivity index (χ1v) is 8.22. The Morgan fingerprint density at radius 3 is 2.29 bits per heavy atom. The van der Waals surface area contributed by atoms with Crippen molar-refractivity contribution in [1.29, 1.82) is 0 Å². The van der Waals surface area contributed by atoms with Crippen LogP contribution >= 0.6 is 0 Å². The highest BCUT2D eigenvalue weighted by Crippen LogP contribution is 2.46. The van der Waals surface area contributed by atoms with Crippen LogP contribution < -0.4 is 0 Å². The van der Waals surface area contributed by atoms with Crippen molar-refractivity contribution >= 4 is 5.97 Å². The molecule has 3 heteroatoms. The number of esters is 1. The number of hydrogen-bond acceptors (Lipinski definition) is 3. The van der Waals surface area contributed by atoms with E-state index in [-0.39, 0.29) is 17.5 Å². The van der Waals surface area contributed by atoms with Gasteiger partial charge in [-0.25, -0.2) is 0 Å². The number of piperidine rings is 1. The van der Waals surface area contributed by atoms with Crippen LogP contribution in [0.25, 0.3) is 0 Å².